The van der Waals surface area contributed by atoms with E-state index in [1.807, 2.05) is 12.5 Å². The van der Waals surface area contributed by atoms with Crippen LogP contribution in [0.15, 0.2) is 18.7 Å². The van der Waals surface area contributed by atoms with Crippen LogP contribution in [-0.4, -0.2) is 34.1 Å². The summed E-state index contributed by atoms with van der Waals surface area (Å²) in [6.45, 7) is 5.50. The zero-order chi connectivity index (χ0) is 10.2. The van der Waals surface area contributed by atoms with Crippen molar-refractivity contribution in [1.82, 2.24) is 14.5 Å². The maximum absolute atomic E-state index is 8.54. The van der Waals surface area contributed by atoms with E-state index < -0.39 is 0 Å². The van der Waals surface area contributed by atoms with Crippen LogP contribution in [-0.2, 0) is 6.54 Å². The summed E-state index contributed by atoms with van der Waals surface area (Å²) in [6, 6.07) is 2.17. The quantitative estimate of drug-likeness (QED) is 0.634. The summed E-state index contributed by atoms with van der Waals surface area (Å²) in [5.41, 5.74) is 0. The maximum Gasteiger partial charge on any atom is 0.0945 e. The Morgan fingerprint density at radius 3 is 3.00 bits per heavy atom. The average Bonchev–Trinajstić information content (AvgIpc) is 2.69. The van der Waals surface area contributed by atoms with E-state index in [1.165, 1.54) is 0 Å². The monoisotopic (exact) mass is 192 g/mol. The van der Waals surface area contributed by atoms with Gasteiger partial charge in [0.15, 0.2) is 0 Å². The molecule has 76 valence electrons. The van der Waals surface area contributed by atoms with Gasteiger partial charge in [-0.2, -0.15) is 5.26 Å². The lowest BCUT2D eigenvalue weighted by Gasteiger charge is -2.16. The standard InChI is InChI=1S/C10H16N4/c1-2-13(8-4-11)6-3-7-14-9-5-12-10-14/h5,9-10H,2-3,6-8H2,1H3. The summed E-state index contributed by atoms with van der Waals surface area (Å²) >= 11 is 0. The molecule has 0 fully saturated rings. The van der Waals surface area contributed by atoms with Crippen LogP contribution < -0.4 is 0 Å². The molecule has 0 aromatic carbocycles. The molecule has 0 atom stereocenters. The minimum absolute atomic E-state index is 0.528. The lowest BCUT2D eigenvalue weighted by molar-refractivity contribution is 0.310. The molecule has 0 aliphatic heterocycles. The van der Waals surface area contributed by atoms with E-state index in [0.29, 0.717) is 6.54 Å². The van der Waals surface area contributed by atoms with Gasteiger partial charge in [-0.15, -0.1) is 0 Å². The van der Waals surface area contributed by atoms with Gasteiger partial charge in [0.2, 0.25) is 0 Å². The van der Waals surface area contributed by atoms with Crippen LogP contribution in [0.2, 0.25) is 0 Å². The highest BCUT2D eigenvalue weighted by Crippen LogP contribution is 1.94. The third kappa shape index (κ3) is 3.58. The zero-order valence-electron chi connectivity index (χ0n) is 8.56. The van der Waals surface area contributed by atoms with Crippen LogP contribution >= 0.6 is 0 Å². The lowest BCUT2D eigenvalue weighted by atomic mass is 10.3. The molecule has 0 saturated heterocycles. The fraction of sp³-hybridized carbons (Fsp3) is 0.600. The van der Waals surface area contributed by atoms with Crippen LogP contribution in [0.3, 0.4) is 0 Å². The summed E-state index contributed by atoms with van der Waals surface area (Å²) in [5.74, 6) is 0. The number of aryl methyl sites for hydroxylation is 1. The highest BCUT2D eigenvalue weighted by molar-refractivity contribution is 4.77. The predicted molar refractivity (Wildman–Crippen MR) is 54.6 cm³/mol. The van der Waals surface area contributed by atoms with E-state index in [2.05, 4.69) is 27.4 Å². The van der Waals surface area contributed by atoms with E-state index in [0.717, 1.165) is 26.1 Å². The Hall–Kier alpha value is -1.34. The molecule has 0 spiro atoms. The molecule has 0 aliphatic carbocycles. The molecule has 4 heteroatoms. The van der Waals surface area contributed by atoms with E-state index >= 15 is 0 Å². The normalized spacial score (nSPS) is 10.4. The fourth-order valence-electron chi connectivity index (χ4n) is 1.34. The molecule has 4 nitrogen and oxygen atoms in total. The summed E-state index contributed by atoms with van der Waals surface area (Å²) in [7, 11) is 0. The van der Waals surface area contributed by atoms with Gasteiger partial charge in [-0.3, -0.25) is 4.90 Å². The van der Waals surface area contributed by atoms with Gasteiger partial charge in [-0.05, 0) is 13.0 Å². The molecular weight excluding hydrogens is 176 g/mol. The van der Waals surface area contributed by atoms with Crippen LogP contribution in [0.1, 0.15) is 13.3 Å². The van der Waals surface area contributed by atoms with Crippen molar-refractivity contribution in [2.24, 2.45) is 0 Å². The van der Waals surface area contributed by atoms with E-state index in [1.54, 1.807) is 6.20 Å². The largest absolute Gasteiger partial charge is 0.337 e. The molecule has 0 bridgehead atoms. The van der Waals surface area contributed by atoms with Gasteiger partial charge < -0.3 is 4.57 Å². The zero-order valence-corrected chi connectivity index (χ0v) is 8.56. The first kappa shape index (κ1) is 10.7. The van der Waals surface area contributed by atoms with E-state index in [4.69, 9.17) is 5.26 Å². The highest BCUT2D eigenvalue weighted by Gasteiger charge is 2.00. The minimum atomic E-state index is 0.528. The van der Waals surface area contributed by atoms with Crippen molar-refractivity contribution >= 4 is 0 Å². The molecule has 0 unspecified atom stereocenters. The van der Waals surface area contributed by atoms with Crippen LogP contribution in [0.5, 0.6) is 0 Å². The van der Waals surface area contributed by atoms with Crippen molar-refractivity contribution in [1.29, 1.82) is 5.26 Å². The van der Waals surface area contributed by atoms with Crippen molar-refractivity contribution in [3.63, 3.8) is 0 Å². The van der Waals surface area contributed by atoms with Gasteiger partial charge in [0.25, 0.3) is 0 Å². The molecule has 0 N–H and O–H groups in total. The molecule has 1 rings (SSSR count). The molecule has 14 heavy (non-hydrogen) atoms. The number of imidazole rings is 1. The average molecular weight is 192 g/mol. The second-order valence-corrected chi connectivity index (χ2v) is 3.18. The first-order valence-electron chi connectivity index (χ1n) is 4.92. The molecular formula is C10H16N4. The van der Waals surface area contributed by atoms with E-state index in [9.17, 15) is 0 Å². The maximum atomic E-state index is 8.54. The number of rotatable bonds is 6. The van der Waals surface area contributed by atoms with Crippen molar-refractivity contribution in [3.8, 4) is 6.07 Å². The SMILES string of the molecule is CCN(CC#N)CCCn1ccnc1. The first-order chi connectivity index (χ1) is 6.86. The Morgan fingerprint density at radius 2 is 2.43 bits per heavy atom. The van der Waals surface area contributed by atoms with Crippen LogP contribution in [0, 0.1) is 11.3 Å². The van der Waals surface area contributed by atoms with Gasteiger partial charge in [-0.25, -0.2) is 4.98 Å². The Balaban J connectivity index is 2.17. The third-order valence-electron chi connectivity index (χ3n) is 2.19. The molecule has 0 radical (unpaired) electrons. The highest BCUT2D eigenvalue weighted by atomic mass is 15.1. The number of hydrogen-bond acceptors (Lipinski definition) is 3. The summed E-state index contributed by atoms with van der Waals surface area (Å²) in [5, 5.41) is 8.54. The van der Waals surface area contributed by atoms with Crippen molar-refractivity contribution in [2.45, 2.75) is 19.9 Å². The molecule has 1 aromatic rings. The summed E-state index contributed by atoms with van der Waals surface area (Å²) in [6.07, 6.45) is 6.62. The number of aromatic nitrogens is 2. The topological polar surface area (TPSA) is 44.9 Å². The van der Waals surface area contributed by atoms with Gasteiger partial charge in [0.05, 0.1) is 18.9 Å². The summed E-state index contributed by atoms with van der Waals surface area (Å²) < 4.78 is 2.06. The molecule has 0 amide bonds. The molecule has 0 aliphatic rings. The molecule has 0 saturated carbocycles. The van der Waals surface area contributed by atoms with Gasteiger partial charge in [0.1, 0.15) is 0 Å². The number of nitriles is 1. The smallest absolute Gasteiger partial charge is 0.0945 e. The predicted octanol–water partition coefficient (Wildman–Crippen LogP) is 1.12. The Labute approximate surface area is 84.8 Å². The van der Waals surface area contributed by atoms with Crippen LogP contribution in [0.4, 0.5) is 0 Å². The van der Waals surface area contributed by atoms with Crippen molar-refractivity contribution in [3.05, 3.63) is 18.7 Å². The van der Waals surface area contributed by atoms with Gasteiger partial charge in [0, 0.05) is 25.5 Å². The van der Waals surface area contributed by atoms with Gasteiger partial charge in [-0.1, -0.05) is 6.92 Å². The second kappa shape index (κ2) is 6.17. The second-order valence-electron chi connectivity index (χ2n) is 3.18. The minimum Gasteiger partial charge on any atom is -0.337 e. The van der Waals surface area contributed by atoms with Crippen molar-refractivity contribution < 1.29 is 0 Å². The first-order valence-corrected chi connectivity index (χ1v) is 4.92. The molecule has 1 aromatic heterocycles. The fourth-order valence-corrected chi connectivity index (χ4v) is 1.34. The third-order valence-corrected chi connectivity index (χ3v) is 2.19. The Kier molecular flexibility index (Phi) is 4.73. The Morgan fingerprint density at radius 1 is 1.57 bits per heavy atom. The lowest BCUT2D eigenvalue weighted by Crippen LogP contribution is -2.25. The number of hydrogen-bond donors (Lipinski definition) is 0. The number of nitrogens with zero attached hydrogens (tertiary/aromatic N) is 4. The van der Waals surface area contributed by atoms with Crippen molar-refractivity contribution in [2.75, 3.05) is 19.6 Å². The van der Waals surface area contributed by atoms with E-state index in [-0.39, 0.29) is 0 Å². The Bertz CT molecular complexity index is 273. The molecule has 1 heterocycles. The summed E-state index contributed by atoms with van der Waals surface area (Å²) in [4.78, 5) is 6.11. The van der Waals surface area contributed by atoms with Gasteiger partial charge >= 0.3 is 0 Å². The van der Waals surface area contributed by atoms with Crippen LogP contribution in [0.25, 0.3) is 0 Å².